The third-order valence-electron chi connectivity index (χ3n) is 8.14. The summed E-state index contributed by atoms with van der Waals surface area (Å²) in [5.74, 6) is 1.20. The van der Waals surface area contributed by atoms with Gasteiger partial charge in [-0.1, -0.05) is 51.2 Å². The second kappa shape index (κ2) is 12.5. The van der Waals surface area contributed by atoms with Crippen molar-refractivity contribution in [2.24, 2.45) is 16.8 Å². The molecule has 3 N–H and O–H groups in total. The van der Waals surface area contributed by atoms with Crippen LogP contribution >= 0.6 is 0 Å². The van der Waals surface area contributed by atoms with Crippen molar-refractivity contribution in [3.63, 3.8) is 0 Å². The Morgan fingerprint density at radius 1 is 1.16 bits per heavy atom. The average molecular weight is 503 g/mol. The maximum Gasteiger partial charge on any atom is 0.253 e. The van der Waals surface area contributed by atoms with E-state index < -0.39 is 0 Å². The average Bonchev–Trinajstić information content (AvgIpc) is 3.41. The van der Waals surface area contributed by atoms with Crippen LogP contribution in [0, 0.1) is 32.6 Å². The van der Waals surface area contributed by atoms with Gasteiger partial charge in [-0.2, -0.15) is 0 Å². The number of nitrogens with zero attached hydrogens (tertiary/aromatic N) is 1. The number of nitrogens with one attached hydrogen (secondary N) is 3. The van der Waals surface area contributed by atoms with Gasteiger partial charge in [0.2, 0.25) is 0 Å². The molecule has 0 saturated heterocycles. The van der Waals surface area contributed by atoms with Crippen LogP contribution in [-0.4, -0.2) is 36.7 Å². The number of H-pyrrole nitrogens is 1. The van der Waals surface area contributed by atoms with Crippen molar-refractivity contribution >= 4 is 17.7 Å². The van der Waals surface area contributed by atoms with E-state index in [0.717, 1.165) is 66.3 Å². The van der Waals surface area contributed by atoms with Gasteiger partial charge in [0, 0.05) is 48.2 Å². The van der Waals surface area contributed by atoms with Crippen LogP contribution in [0.4, 0.5) is 0 Å². The highest BCUT2D eigenvalue weighted by Crippen LogP contribution is 2.33. The lowest BCUT2D eigenvalue weighted by Gasteiger charge is -2.20. The number of amides is 1. The van der Waals surface area contributed by atoms with Crippen molar-refractivity contribution in [2.45, 2.75) is 72.8 Å². The summed E-state index contributed by atoms with van der Waals surface area (Å²) in [7, 11) is 0. The van der Waals surface area contributed by atoms with E-state index in [2.05, 4.69) is 41.6 Å². The van der Waals surface area contributed by atoms with Crippen LogP contribution in [0.1, 0.15) is 89.3 Å². The first-order chi connectivity index (χ1) is 17.9. The summed E-state index contributed by atoms with van der Waals surface area (Å²) in [6.45, 7) is 10.9. The third-order valence-corrected chi connectivity index (χ3v) is 8.14. The Balaban J connectivity index is 1.61. The van der Waals surface area contributed by atoms with Gasteiger partial charge < -0.3 is 15.6 Å². The van der Waals surface area contributed by atoms with E-state index in [1.54, 1.807) is 0 Å². The SMILES string of the molecule is CCC(CN=Cc1c(C)cc(C2=CCNCC2)cc1C(=O)NCc1c(C)cc(C)[nH]c1=O)C1CCCC1. The predicted octanol–water partition coefficient (Wildman–Crippen LogP) is 5.24. The van der Waals surface area contributed by atoms with E-state index in [9.17, 15) is 9.59 Å². The van der Waals surface area contributed by atoms with E-state index in [4.69, 9.17) is 4.99 Å². The lowest BCUT2D eigenvalue weighted by atomic mass is 9.89. The highest BCUT2D eigenvalue weighted by molar-refractivity contribution is 6.04. The van der Waals surface area contributed by atoms with Gasteiger partial charge in [0.25, 0.3) is 11.5 Å². The standard InChI is InChI=1S/C31H42N4O2/c1-5-23(24-8-6-7-9-24)17-33-18-28-21(3)15-26(25-10-12-32-13-11-25)16-27(28)30(36)34-19-29-20(2)14-22(4)35-31(29)37/h10,14-16,18,23-24,32H,5-9,11-13,17,19H2,1-4H3,(H,34,36)(H,35,37). The summed E-state index contributed by atoms with van der Waals surface area (Å²) in [6, 6.07) is 6.11. The van der Waals surface area contributed by atoms with Crippen LogP contribution in [0.5, 0.6) is 0 Å². The summed E-state index contributed by atoms with van der Waals surface area (Å²) >= 11 is 0. The molecular weight excluding hydrogens is 460 g/mol. The monoisotopic (exact) mass is 502 g/mol. The molecule has 37 heavy (non-hydrogen) atoms. The van der Waals surface area contributed by atoms with Gasteiger partial charge in [0.1, 0.15) is 0 Å². The Kier molecular flexibility index (Phi) is 9.14. The number of aromatic amines is 1. The zero-order chi connectivity index (χ0) is 26.4. The quantitative estimate of drug-likeness (QED) is 0.410. The van der Waals surface area contributed by atoms with Crippen molar-refractivity contribution in [3.8, 4) is 0 Å². The minimum Gasteiger partial charge on any atom is -0.348 e. The van der Waals surface area contributed by atoms with Crippen molar-refractivity contribution in [3.05, 3.63) is 73.7 Å². The molecule has 2 heterocycles. The summed E-state index contributed by atoms with van der Waals surface area (Å²) in [6.07, 6.45) is 11.5. The molecule has 1 unspecified atom stereocenters. The summed E-state index contributed by atoms with van der Waals surface area (Å²) in [5.41, 5.74) is 7.01. The predicted molar refractivity (Wildman–Crippen MR) is 153 cm³/mol. The molecule has 6 nitrogen and oxygen atoms in total. The largest absolute Gasteiger partial charge is 0.348 e. The molecule has 2 aromatic rings. The van der Waals surface area contributed by atoms with E-state index in [1.807, 2.05) is 32.2 Å². The van der Waals surface area contributed by atoms with Crippen LogP contribution in [0.15, 0.2) is 34.1 Å². The molecule has 1 aliphatic heterocycles. The van der Waals surface area contributed by atoms with Crippen LogP contribution in [0.3, 0.4) is 0 Å². The fourth-order valence-corrected chi connectivity index (χ4v) is 5.91. The maximum absolute atomic E-state index is 13.6. The molecule has 1 saturated carbocycles. The first-order valence-corrected chi connectivity index (χ1v) is 13.9. The van der Waals surface area contributed by atoms with Crippen molar-refractivity contribution in [2.75, 3.05) is 19.6 Å². The number of aromatic nitrogens is 1. The van der Waals surface area contributed by atoms with Crippen LogP contribution in [-0.2, 0) is 6.54 Å². The molecule has 0 radical (unpaired) electrons. The van der Waals surface area contributed by atoms with Gasteiger partial charge in [0.05, 0.1) is 0 Å². The minimum atomic E-state index is -0.178. The molecule has 2 aliphatic rings. The van der Waals surface area contributed by atoms with Crippen LogP contribution < -0.4 is 16.2 Å². The molecule has 1 amide bonds. The number of hydrogen-bond donors (Lipinski definition) is 3. The molecule has 1 fully saturated rings. The Hall–Kier alpha value is -2.99. The van der Waals surface area contributed by atoms with Gasteiger partial charge >= 0.3 is 0 Å². The molecule has 0 bridgehead atoms. The molecule has 198 valence electrons. The number of pyridine rings is 1. The molecule has 4 rings (SSSR count). The summed E-state index contributed by atoms with van der Waals surface area (Å²) in [5, 5.41) is 6.38. The number of hydrogen-bond acceptors (Lipinski definition) is 4. The van der Waals surface area contributed by atoms with Crippen molar-refractivity contribution in [1.82, 2.24) is 15.6 Å². The molecule has 0 spiro atoms. The number of aryl methyl sites for hydroxylation is 3. The van der Waals surface area contributed by atoms with Gasteiger partial charge in [-0.3, -0.25) is 14.6 Å². The number of aliphatic imine (C=N–C) groups is 1. The first kappa shape index (κ1) is 27.1. The second-order valence-electron chi connectivity index (χ2n) is 10.8. The van der Waals surface area contributed by atoms with Gasteiger partial charge in [-0.15, -0.1) is 0 Å². The van der Waals surface area contributed by atoms with E-state index in [1.165, 1.54) is 31.3 Å². The first-order valence-electron chi connectivity index (χ1n) is 13.9. The smallest absolute Gasteiger partial charge is 0.253 e. The fraction of sp³-hybridized carbons (Fsp3) is 0.516. The maximum atomic E-state index is 13.6. The second-order valence-corrected chi connectivity index (χ2v) is 10.8. The minimum absolute atomic E-state index is 0.151. The molecule has 1 aromatic carbocycles. The Morgan fingerprint density at radius 2 is 1.95 bits per heavy atom. The highest BCUT2D eigenvalue weighted by atomic mass is 16.1. The highest BCUT2D eigenvalue weighted by Gasteiger charge is 2.23. The lowest BCUT2D eigenvalue weighted by Crippen LogP contribution is -2.29. The van der Waals surface area contributed by atoms with Gasteiger partial charge in [-0.05, 0) is 80.0 Å². The van der Waals surface area contributed by atoms with Crippen LogP contribution in [0.25, 0.3) is 5.57 Å². The lowest BCUT2D eigenvalue weighted by molar-refractivity contribution is 0.0950. The third kappa shape index (κ3) is 6.67. The van der Waals surface area contributed by atoms with Crippen molar-refractivity contribution < 1.29 is 4.79 Å². The van der Waals surface area contributed by atoms with Crippen molar-refractivity contribution in [1.29, 1.82) is 0 Å². The zero-order valence-electron chi connectivity index (χ0n) is 22.9. The molecular formula is C31H42N4O2. The molecule has 6 heteroatoms. The zero-order valence-corrected chi connectivity index (χ0v) is 22.9. The van der Waals surface area contributed by atoms with Crippen LogP contribution in [0.2, 0.25) is 0 Å². The Bertz CT molecular complexity index is 1230. The molecule has 1 aromatic heterocycles. The number of carbonyl (C=O) groups is 1. The summed E-state index contributed by atoms with van der Waals surface area (Å²) in [4.78, 5) is 33.8. The van der Waals surface area contributed by atoms with Gasteiger partial charge in [-0.25, -0.2) is 0 Å². The van der Waals surface area contributed by atoms with Gasteiger partial charge in [0.15, 0.2) is 0 Å². The number of carbonyl (C=O) groups excluding carboxylic acids is 1. The Morgan fingerprint density at radius 3 is 2.62 bits per heavy atom. The molecule has 1 atom stereocenters. The topological polar surface area (TPSA) is 86.3 Å². The Labute approximate surface area is 221 Å². The van der Waals surface area contributed by atoms with E-state index >= 15 is 0 Å². The fourth-order valence-electron chi connectivity index (χ4n) is 5.91. The summed E-state index contributed by atoms with van der Waals surface area (Å²) < 4.78 is 0. The number of rotatable bonds is 9. The normalized spacial score (nSPS) is 17.2. The molecule has 1 aliphatic carbocycles. The van der Waals surface area contributed by atoms with E-state index in [-0.39, 0.29) is 18.0 Å². The number of benzene rings is 1. The van der Waals surface area contributed by atoms with E-state index in [0.29, 0.717) is 17.0 Å².